The maximum atomic E-state index is 9.82. The number of rotatable bonds is 17. The molecule has 0 aliphatic heterocycles. The fourth-order valence-electron chi connectivity index (χ4n) is 9.43. The molecule has 89 heavy (non-hydrogen) atoms. The van der Waals surface area contributed by atoms with E-state index in [1.54, 1.807) is 86.6 Å². The Hall–Kier alpha value is -9.38. The normalized spacial score (nSPS) is 10.6. The molecule has 10 aromatic rings. The van der Waals surface area contributed by atoms with E-state index in [0.717, 1.165) is 89.5 Å². The highest BCUT2D eigenvalue weighted by Crippen LogP contribution is 2.39. The van der Waals surface area contributed by atoms with Crippen LogP contribution in [0.25, 0.3) is 68.1 Å². The van der Waals surface area contributed by atoms with Gasteiger partial charge in [-0.3, -0.25) is 0 Å². The van der Waals surface area contributed by atoms with E-state index in [-0.39, 0.29) is 18.9 Å². The molecule has 0 aliphatic rings. The van der Waals surface area contributed by atoms with E-state index in [4.69, 9.17) is 38.5 Å². The molecule has 0 bridgehead atoms. The molecule has 0 fully saturated rings. The molecule has 456 valence electrons. The van der Waals surface area contributed by atoms with Gasteiger partial charge < -0.3 is 68.8 Å². The lowest BCUT2D eigenvalue weighted by atomic mass is 9.64. The minimum Gasteiger partial charge on any atom is -0.508 e. The average molecular weight is 1200 g/mol. The van der Waals surface area contributed by atoms with Gasteiger partial charge in [-0.2, -0.15) is 0 Å². The van der Waals surface area contributed by atoms with Crippen molar-refractivity contribution >= 4 is 95.8 Å². The van der Waals surface area contributed by atoms with Crippen molar-refractivity contribution in [1.29, 1.82) is 0 Å². The zero-order valence-electron chi connectivity index (χ0n) is 50.8. The second kappa shape index (κ2) is 33.1. The summed E-state index contributed by atoms with van der Waals surface area (Å²) >= 11 is 0. The number of phenolic OH excluding ortho intramolecular Hbond substituents is 2. The largest absolute Gasteiger partial charge is 0.508 e. The predicted octanol–water partition coefficient (Wildman–Crippen LogP) is 10.4. The number of benzene rings is 10. The smallest absolute Gasteiger partial charge is 0.488 e. The van der Waals surface area contributed by atoms with Gasteiger partial charge in [-0.15, -0.1) is 0 Å². The van der Waals surface area contributed by atoms with Crippen molar-refractivity contribution in [1.82, 2.24) is 0 Å². The van der Waals surface area contributed by atoms with E-state index >= 15 is 0 Å². The highest BCUT2D eigenvalue weighted by molar-refractivity contribution is 6.65. The van der Waals surface area contributed by atoms with Gasteiger partial charge in [0, 0.05) is 22.9 Å². The zero-order valence-corrected chi connectivity index (χ0v) is 50.8. The number of phenols is 2. The van der Waals surface area contributed by atoms with E-state index in [1.807, 2.05) is 133 Å². The molecule has 14 nitrogen and oxygen atoms in total. The average Bonchev–Trinajstić information content (AvgIpc) is 2.68. The molecule has 0 aliphatic carbocycles. The van der Waals surface area contributed by atoms with Gasteiger partial charge in [-0.05, 0) is 138 Å². The molecule has 0 spiro atoms. The summed E-state index contributed by atoms with van der Waals surface area (Å²) in [6.07, 6.45) is 8.76. The molecule has 0 saturated carbocycles. The molecule has 0 amide bonds. The summed E-state index contributed by atoms with van der Waals surface area (Å²) in [5.74, 6) is 4.01. The van der Waals surface area contributed by atoms with Gasteiger partial charge in [-0.25, -0.2) is 0 Å². The molecule has 0 saturated heterocycles. The summed E-state index contributed by atoms with van der Waals surface area (Å²) in [7, 11) is 6.62. The summed E-state index contributed by atoms with van der Waals surface area (Å²) in [6.45, 7) is 4.70. The first-order valence-corrected chi connectivity index (χ1v) is 28.3. The van der Waals surface area contributed by atoms with Crippen LogP contribution >= 0.6 is 0 Å². The Bertz CT molecular complexity index is 3920. The Kier molecular flexibility index (Phi) is 25.6. The summed E-state index contributed by atoms with van der Waals surface area (Å²) in [5.41, 5.74) is 12.0. The lowest BCUT2D eigenvalue weighted by Gasteiger charge is -2.12. The molecule has 0 aromatic heterocycles. The molecule has 10 rings (SSSR count). The lowest BCUT2D eigenvalue weighted by Crippen LogP contribution is -2.29. The minimum absolute atomic E-state index is 0. The Morgan fingerprint density at radius 2 is 0.787 bits per heavy atom. The zero-order chi connectivity index (χ0) is 63.4. The fourth-order valence-corrected chi connectivity index (χ4v) is 9.43. The third-order valence-corrected chi connectivity index (χ3v) is 14.4. The molecule has 0 unspecified atom stereocenters. The van der Waals surface area contributed by atoms with E-state index in [0.29, 0.717) is 39.3 Å². The maximum Gasteiger partial charge on any atom is 0.488 e. The van der Waals surface area contributed by atoms with Crippen LogP contribution in [0, 0.1) is 0 Å². The second-order valence-electron chi connectivity index (χ2n) is 20.4. The van der Waals surface area contributed by atoms with E-state index in [9.17, 15) is 30.3 Å². The third kappa shape index (κ3) is 18.8. The van der Waals surface area contributed by atoms with Crippen LogP contribution in [-0.4, -0.2) is 111 Å². The highest BCUT2D eigenvalue weighted by atomic mass is 16.5. The SMILES string of the molecule is C.CB(O)c1ccc(-c2ccc3c(O)cc(O)cc3c2)cc1.CCc1ccc(/C=C/c2cc(OC)cc(B(O)O)c2)cc1.COc1cc(/C=C/c2ccc(B(O)O)cc2)cc(OC)c1OC.COc1cc(OC)c2ccc(-c3ccc(B(C)O)cc3)cc2c1. The molecule has 0 heterocycles. The predicted molar refractivity (Wildman–Crippen MR) is 368 cm³/mol. The Balaban J connectivity index is 0.000000189. The molecule has 0 atom stereocenters. The highest BCUT2D eigenvalue weighted by Gasteiger charge is 2.16. The number of hydrogen-bond donors (Lipinski definition) is 8. The van der Waals surface area contributed by atoms with Crippen molar-refractivity contribution in [3.8, 4) is 68.2 Å². The van der Waals surface area contributed by atoms with Crippen LogP contribution in [0.2, 0.25) is 13.6 Å². The van der Waals surface area contributed by atoms with Gasteiger partial charge in [0.2, 0.25) is 5.75 Å². The monoisotopic (exact) mass is 1200 g/mol. The number of methoxy groups -OCH3 is 6. The summed E-state index contributed by atoms with van der Waals surface area (Å²) in [5, 5.41) is 78.9. The minimum atomic E-state index is -1.50. The number of ether oxygens (including phenoxy) is 6. The van der Waals surface area contributed by atoms with Crippen LogP contribution in [0.15, 0.2) is 188 Å². The van der Waals surface area contributed by atoms with Gasteiger partial charge in [0.1, 0.15) is 28.7 Å². The molecular weight excluding hydrogens is 1120 g/mol. The van der Waals surface area contributed by atoms with Crippen LogP contribution in [0.4, 0.5) is 0 Å². The number of aromatic hydroxyl groups is 2. The first-order chi connectivity index (χ1) is 42.4. The number of fused-ring (bicyclic) bond motifs is 2. The molecule has 18 heteroatoms. The first kappa shape index (κ1) is 68.7. The van der Waals surface area contributed by atoms with Crippen molar-refractivity contribution in [3.63, 3.8) is 0 Å². The second-order valence-corrected chi connectivity index (χ2v) is 20.4. The Morgan fingerprint density at radius 3 is 1.24 bits per heavy atom. The van der Waals surface area contributed by atoms with Crippen molar-refractivity contribution in [2.75, 3.05) is 42.7 Å². The van der Waals surface area contributed by atoms with Crippen molar-refractivity contribution in [2.45, 2.75) is 34.4 Å². The summed E-state index contributed by atoms with van der Waals surface area (Å²) < 4.78 is 31.9. The maximum absolute atomic E-state index is 9.82. The van der Waals surface area contributed by atoms with Crippen LogP contribution in [0.5, 0.6) is 46.0 Å². The number of aryl methyl sites for hydroxylation is 1. The van der Waals surface area contributed by atoms with Crippen LogP contribution < -0.4 is 50.3 Å². The van der Waals surface area contributed by atoms with Gasteiger partial charge >= 0.3 is 28.1 Å². The van der Waals surface area contributed by atoms with Crippen LogP contribution in [0.1, 0.15) is 42.2 Å². The van der Waals surface area contributed by atoms with Crippen molar-refractivity contribution in [2.24, 2.45) is 0 Å². The molecular formula is C71H76B4O14. The van der Waals surface area contributed by atoms with Crippen LogP contribution in [0.3, 0.4) is 0 Å². The van der Waals surface area contributed by atoms with Gasteiger partial charge in [0.15, 0.2) is 11.5 Å². The fraction of sp³-hybridized carbons (Fsp3) is 0.155. The van der Waals surface area contributed by atoms with E-state index < -0.39 is 28.1 Å². The third-order valence-electron chi connectivity index (χ3n) is 14.4. The Morgan fingerprint density at radius 1 is 0.360 bits per heavy atom. The topological polar surface area (TPSA) is 217 Å². The molecule has 8 N–H and O–H groups in total. The van der Waals surface area contributed by atoms with E-state index in [1.165, 1.54) is 11.6 Å². The van der Waals surface area contributed by atoms with Gasteiger partial charge in [-0.1, -0.05) is 180 Å². The summed E-state index contributed by atoms with van der Waals surface area (Å²) in [4.78, 5) is 0. The molecule has 0 radical (unpaired) electrons. The lowest BCUT2D eigenvalue weighted by molar-refractivity contribution is 0.324. The summed E-state index contributed by atoms with van der Waals surface area (Å²) in [6, 6.07) is 58.6. The first-order valence-electron chi connectivity index (χ1n) is 28.3. The Labute approximate surface area is 523 Å². The van der Waals surface area contributed by atoms with Crippen LogP contribution in [-0.2, 0) is 6.42 Å². The number of hydrogen-bond acceptors (Lipinski definition) is 14. The van der Waals surface area contributed by atoms with Gasteiger partial charge in [0.05, 0.1) is 42.7 Å². The molecule has 10 aromatic carbocycles. The van der Waals surface area contributed by atoms with E-state index in [2.05, 4.69) is 49.4 Å². The standard InChI is InChI=1S/C19H19BO3.C17H19BO5.C17H15BO3.C17H19BO3.CH4/c1-20(21)16-7-4-13(5-8-16)14-6-9-18-15(10-14)11-17(22-2)12-19(18)23-3;1-21-15-10-13(11-16(22-2)17(15)23-3)5-4-12-6-8-14(9-7-12)18(19)20;1-18(21)14-5-2-11(3-6-14)12-4-7-16-13(8-12)9-15(19)10-17(16)20;1-3-13-4-6-14(7-5-13)8-9-15-10-16(18(19)20)12-17(11-15)21-2;/h4-12,21H,1-3H3;4-11,19-20H,1-3H3;2-10,19-21H,1H3;4-12,19-20H,3H2,1-2H3;1H4/b;5-4+;;9-8+;. The van der Waals surface area contributed by atoms with Crippen molar-refractivity contribution < 1.29 is 68.8 Å². The van der Waals surface area contributed by atoms with Crippen molar-refractivity contribution in [3.05, 3.63) is 216 Å². The van der Waals surface area contributed by atoms with Gasteiger partial charge in [0.25, 0.3) is 0 Å². The quantitative estimate of drug-likeness (QED) is 0.0315.